The first-order valence-electron chi connectivity index (χ1n) is 7.98. The normalized spacial score (nSPS) is 13.6. The van der Waals surface area contributed by atoms with E-state index in [4.69, 9.17) is 6.85 Å². The quantitative estimate of drug-likeness (QED) is 0.861. The van der Waals surface area contributed by atoms with E-state index in [2.05, 4.69) is 4.74 Å². The Kier molecular flexibility index (Phi) is 2.44. The molecule has 2 aromatic rings. The molecule has 4 heteroatoms. The van der Waals surface area contributed by atoms with E-state index in [1.54, 1.807) is 0 Å². The lowest BCUT2D eigenvalue weighted by Crippen LogP contribution is -2.26. The molecule has 1 N–H and O–H groups in total. The predicted octanol–water partition coefficient (Wildman–Crippen LogP) is 2.70. The van der Waals surface area contributed by atoms with Crippen molar-refractivity contribution in [2.75, 3.05) is 18.6 Å². The van der Waals surface area contributed by atoms with E-state index in [1.165, 1.54) is 36.3 Å². The zero-order chi connectivity index (χ0) is 18.0. The minimum absolute atomic E-state index is 0.00201. The van der Waals surface area contributed by atoms with Crippen molar-refractivity contribution in [2.45, 2.75) is 0 Å². The molecule has 0 bridgehead atoms. The average Bonchev–Trinajstić information content (AvgIpc) is 2.58. The fourth-order valence-electron chi connectivity index (χ4n) is 1.50. The second-order valence-electron chi connectivity index (χ2n) is 3.65. The number of para-hydroxylation sites is 1. The van der Waals surface area contributed by atoms with E-state index in [9.17, 15) is 9.90 Å². The van der Waals surface area contributed by atoms with Crippen LogP contribution in [-0.2, 0) is 9.53 Å². The number of nitrogens with zero attached hydrogens (tertiary/aromatic N) is 1. The lowest BCUT2D eigenvalue weighted by molar-refractivity contribution is -0.138. The van der Waals surface area contributed by atoms with Crippen LogP contribution < -0.4 is 4.90 Å². The average molecular weight is 262 g/mol. The highest BCUT2D eigenvalue weighted by Crippen LogP contribution is 2.26. The molecule has 2 aromatic carbocycles. The molecular weight excluding hydrogens is 242 g/mol. The van der Waals surface area contributed by atoms with Crippen molar-refractivity contribution < 1.29 is 21.5 Å². The molecular formula is C15H15NO3. The van der Waals surface area contributed by atoms with Gasteiger partial charge >= 0.3 is 5.97 Å². The minimum Gasteiger partial charge on any atom is -0.508 e. The molecule has 0 aliphatic rings. The Morgan fingerprint density at radius 3 is 2.42 bits per heavy atom. The molecule has 0 saturated carbocycles. The van der Waals surface area contributed by atoms with Gasteiger partial charge in [0.1, 0.15) is 12.3 Å². The highest BCUT2D eigenvalue weighted by Gasteiger charge is 2.13. The first kappa shape index (κ1) is 7.84. The number of esters is 1. The maximum absolute atomic E-state index is 11.7. The van der Waals surface area contributed by atoms with Gasteiger partial charge < -0.3 is 14.7 Å². The van der Waals surface area contributed by atoms with Gasteiger partial charge in [-0.3, -0.25) is 4.79 Å². The highest BCUT2D eigenvalue weighted by atomic mass is 16.5. The Bertz CT molecular complexity index is 751. The van der Waals surface area contributed by atoms with Gasteiger partial charge in [-0.1, -0.05) is 18.1 Å². The molecule has 0 heterocycles. The number of carbonyl (C=O) groups is 1. The molecule has 0 aromatic heterocycles. The smallest absolute Gasteiger partial charge is 0.325 e. The summed E-state index contributed by atoms with van der Waals surface area (Å²) < 4.78 is 43.9. The molecule has 0 aliphatic heterocycles. The van der Waals surface area contributed by atoms with Gasteiger partial charge in [0.05, 0.1) is 14.0 Å². The number of rotatable bonds is 4. The Balaban J connectivity index is 2.68. The van der Waals surface area contributed by atoms with Gasteiger partial charge in [-0.25, -0.2) is 0 Å². The van der Waals surface area contributed by atoms with Crippen LogP contribution >= 0.6 is 0 Å². The molecule has 98 valence electrons. The number of hydrogen-bond acceptors (Lipinski definition) is 4. The SMILES string of the molecule is [2H]c1c([2H])c([2H])c(N(CC(=O)OC)c2ccc(O)cc2)c([2H])c1[2H]. The second-order valence-corrected chi connectivity index (χ2v) is 3.65. The fourth-order valence-corrected chi connectivity index (χ4v) is 1.50. The lowest BCUT2D eigenvalue weighted by atomic mass is 10.2. The fraction of sp³-hybridized carbons (Fsp3) is 0.133. The molecule has 0 fully saturated rings. The molecule has 0 saturated heterocycles. The van der Waals surface area contributed by atoms with Crippen molar-refractivity contribution in [3.8, 4) is 5.75 Å². The first-order chi connectivity index (χ1) is 11.3. The van der Waals surface area contributed by atoms with Gasteiger partial charge in [0.25, 0.3) is 0 Å². The van der Waals surface area contributed by atoms with Crippen LogP contribution in [0.25, 0.3) is 0 Å². The molecule has 0 amide bonds. The number of benzene rings is 2. The molecule has 0 atom stereocenters. The van der Waals surface area contributed by atoms with Gasteiger partial charge in [-0.15, -0.1) is 0 Å². The van der Waals surface area contributed by atoms with Crippen LogP contribution in [0.4, 0.5) is 11.4 Å². The van der Waals surface area contributed by atoms with Gasteiger partial charge in [0.15, 0.2) is 0 Å². The molecule has 2 rings (SSSR count). The zero-order valence-corrected chi connectivity index (χ0v) is 10.2. The largest absolute Gasteiger partial charge is 0.508 e. The first-order valence-corrected chi connectivity index (χ1v) is 5.48. The van der Waals surface area contributed by atoms with Gasteiger partial charge in [0, 0.05) is 11.4 Å². The van der Waals surface area contributed by atoms with E-state index in [0.29, 0.717) is 5.69 Å². The summed E-state index contributed by atoms with van der Waals surface area (Å²) in [6.45, 7) is -0.352. The number of anilines is 2. The summed E-state index contributed by atoms with van der Waals surface area (Å²) >= 11 is 0. The topological polar surface area (TPSA) is 49.8 Å². The third-order valence-electron chi connectivity index (χ3n) is 2.43. The summed E-state index contributed by atoms with van der Waals surface area (Å²) in [7, 11) is 1.19. The van der Waals surface area contributed by atoms with Crippen LogP contribution in [0.5, 0.6) is 5.75 Å². The second kappa shape index (κ2) is 5.91. The minimum atomic E-state index is -0.644. The Morgan fingerprint density at radius 2 is 1.84 bits per heavy atom. The molecule has 19 heavy (non-hydrogen) atoms. The summed E-state index contributed by atoms with van der Waals surface area (Å²) in [5.41, 5.74) is 0.230. The monoisotopic (exact) mass is 262 g/mol. The predicted molar refractivity (Wildman–Crippen MR) is 73.6 cm³/mol. The zero-order valence-electron chi connectivity index (χ0n) is 15.2. The number of phenols is 1. The standard InChI is InChI=1S/C15H15NO3/c1-19-15(18)11-16(12-5-3-2-4-6-12)13-7-9-14(17)10-8-13/h2-10,17H,11H2,1H3/i2D,3D,4D,5D,6D. The molecule has 0 radical (unpaired) electrons. The van der Waals surface area contributed by atoms with E-state index in [0.717, 1.165) is 0 Å². The van der Waals surface area contributed by atoms with Crippen molar-refractivity contribution in [1.29, 1.82) is 0 Å². The Hall–Kier alpha value is -2.49. The summed E-state index contributed by atoms with van der Waals surface area (Å²) in [5, 5.41) is 9.40. The van der Waals surface area contributed by atoms with Crippen molar-refractivity contribution in [3.63, 3.8) is 0 Å². The number of hydrogen-bond donors (Lipinski definition) is 1. The van der Waals surface area contributed by atoms with Crippen molar-refractivity contribution in [2.24, 2.45) is 0 Å². The summed E-state index contributed by atoms with van der Waals surface area (Å²) in [5.74, 6) is -0.646. The number of aromatic hydroxyl groups is 1. The van der Waals surface area contributed by atoms with Gasteiger partial charge in [-0.05, 0) is 36.4 Å². The van der Waals surface area contributed by atoms with E-state index in [-0.39, 0.29) is 18.0 Å². The summed E-state index contributed by atoms with van der Waals surface area (Å²) in [6.07, 6.45) is 0. The van der Waals surface area contributed by atoms with Crippen molar-refractivity contribution >= 4 is 17.3 Å². The molecule has 4 nitrogen and oxygen atoms in total. The highest BCUT2D eigenvalue weighted by molar-refractivity contribution is 5.80. The number of carbonyl (C=O) groups excluding carboxylic acids is 1. The van der Waals surface area contributed by atoms with Crippen LogP contribution in [0.2, 0.25) is 0 Å². The third-order valence-corrected chi connectivity index (χ3v) is 2.43. The van der Waals surface area contributed by atoms with Crippen LogP contribution in [0.3, 0.4) is 0 Å². The van der Waals surface area contributed by atoms with Crippen molar-refractivity contribution in [3.05, 3.63) is 54.5 Å². The number of ether oxygens (including phenoxy) is 1. The van der Waals surface area contributed by atoms with Crippen LogP contribution in [-0.4, -0.2) is 24.7 Å². The molecule has 0 aliphatic carbocycles. The molecule has 0 spiro atoms. The maximum Gasteiger partial charge on any atom is 0.325 e. The number of phenolic OH excluding ortho intramolecular Hbond substituents is 1. The van der Waals surface area contributed by atoms with Gasteiger partial charge in [-0.2, -0.15) is 0 Å². The van der Waals surface area contributed by atoms with Crippen LogP contribution in [0.1, 0.15) is 6.85 Å². The maximum atomic E-state index is 11.7. The lowest BCUT2D eigenvalue weighted by Gasteiger charge is -2.23. The van der Waals surface area contributed by atoms with E-state index in [1.807, 2.05) is 0 Å². The van der Waals surface area contributed by atoms with Crippen LogP contribution in [0.15, 0.2) is 54.5 Å². The van der Waals surface area contributed by atoms with Crippen molar-refractivity contribution in [1.82, 2.24) is 0 Å². The summed E-state index contributed by atoms with van der Waals surface area (Å²) in [6, 6.07) is 3.30. The van der Waals surface area contributed by atoms with E-state index < -0.39 is 36.2 Å². The Morgan fingerprint density at radius 1 is 1.21 bits per heavy atom. The third kappa shape index (κ3) is 3.25. The molecule has 0 unspecified atom stereocenters. The number of methoxy groups -OCH3 is 1. The Labute approximate surface area is 118 Å². The summed E-state index contributed by atoms with van der Waals surface area (Å²) in [4.78, 5) is 13.0. The van der Waals surface area contributed by atoms with Crippen LogP contribution in [0, 0.1) is 0 Å². The van der Waals surface area contributed by atoms with Gasteiger partial charge in [0.2, 0.25) is 0 Å². The van der Waals surface area contributed by atoms with E-state index >= 15 is 0 Å².